The number of nitrogens with one attached hydrogen (secondary N) is 1. The summed E-state index contributed by atoms with van der Waals surface area (Å²) in [6.07, 6.45) is 1.17. The van der Waals surface area contributed by atoms with E-state index in [-0.39, 0.29) is 0 Å². The van der Waals surface area contributed by atoms with Gasteiger partial charge in [-0.2, -0.15) is 0 Å². The number of piperidine rings is 1. The van der Waals surface area contributed by atoms with Crippen molar-refractivity contribution in [2.45, 2.75) is 19.4 Å². The smallest absolute Gasteiger partial charge is 0.143 e. The normalized spacial score (nSPS) is 24.8. The van der Waals surface area contributed by atoms with E-state index in [2.05, 4.69) is 24.2 Å². The first kappa shape index (κ1) is 13.0. The Morgan fingerprint density at radius 3 is 2.89 bits per heavy atom. The average Bonchev–Trinajstić information content (AvgIpc) is 2.35. The molecule has 0 saturated carbocycles. The minimum Gasteiger partial charge on any atom is -0.495 e. The standard InChI is InChI=1S/C14H23N3O/c1-10-9-17(2)7-6-13(10)16-11-4-5-12(15)14(8-11)18-3/h4-5,8,10,13,16H,6-7,9,15H2,1-3H3. The maximum absolute atomic E-state index is 5.82. The monoisotopic (exact) mass is 249 g/mol. The highest BCUT2D eigenvalue weighted by Crippen LogP contribution is 2.27. The van der Waals surface area contributed by atoms with E-state index in [1.54, 1.807) is 7.11 Å². The Hall–Kier alpha value is -1.42. The van der Waals surface area contributed by atoms with Crippen molar-refractivity contribution in [2.75, 3.05) is 38.3 Å². The predicted molar refractivity (Wildman–Crippen MR) is 76.1 cm³/mol. The molecule has 1 aliphatic rings. The molecule has 0 bridgehead atoms. The number of nitrogen functional groups attached to an aromatic ring is 1. The van der Waals surface area contributed by atoms with Gasteiger partial charge in [-0.3, -0.25) is 0 Å². The van der Waals surface area contributed by atoms with E-state index in [1.807, 2.05) is 18.2 Å². The van der Waals surface area contributed by atoms with E-state index < -0.39 is 0 Å². The number of methoxy groups -OCH3 is 1. The Morgan fingerprint density at radius 2 is 2.22 bits per heavy atom. The highest BCUT2D eigenvalue weighted by atomic mass is 16.5. The Kier molecular flexibility index (Phi) is 3.97. The zero-order valence-corrected chi connectivity index (χ0v) is 11.4. The molecule has 3 N–H and O–H groups in total. The number of hydrogen-bond acceptors (Lipinski definition) is 4. The second-order valence-electron chi connectivity index (χ2n) is 5.24. The van der Waals surface area contributed by atoms with Gasteiger partial charge in [-0.05, 0) is 38.1 Å². The Bertz CT molecular complexity index is 408. The van der Waals surface area contributed by atoms with Gasteiger partial charge in [-0.25, -0.2) is 0 Å². The van der Waals surface area contributed by atoms with Gasteiger partial charge in [0, 0.05) is 24.3 Å². The lowest BCUT2D eigenvalue weighted by molar-refractivity contribution is 0.206. The quantitative estimate of drug-likeness (QED) is 0.805. The molecule has 1 saturated heterocycles. The van der Waals surface area contributed by atoms with Crippen molar-refractivity contribution in [3.63, 3.8) is 0 Å². The van der Waals surface area contributed by atoms with Crippen molar-refractivity contribution in [3.05, 3.63) is 18.2 Å². The van der Waals surface area contributed by atoms with Gasteiger partial charge in [0.2, 0.25) is 0 Å². The lowest BCUT2D eigenvalue weighted by Crippen LogP contribution is -2.43. The molecule has 0 amide bonds. The first-order chi connectivity index (χ1) is 8.60. The van der Waals surface area contributed by atoms with Crippen LogP contribution in [0.1, 0.15) is 13.3 Å². The second kappa shape index (κ2) is 5.48. The summed E-state index contributed by atoms with van der Waals surface area (Å²) in [6.45, 7) is 4.58. The predicted octanol–water partition coefficient (Wildman–Crippen LogP) is 2.03. The molecule has 2 atom stereocenters. The number of nitrogens with two attached hydrogens (primary N) is 1. The molecule has 1 aromatic rings. The molecule has 4 heteroatoms. The van der Waals surface area contributed by atoms with E-state index in [0.717, 1.165) is 24.5 Å². The van der Waals surface area contributed by atoms with Crippen LogP contribution in [-0.4, -0.2) is 38.2 Å². The first-order valence-electron chi connectivity index (χ1n) is 6.48. The number of anilines is 2. The van der Waals surface area contributed by atoms with Crippen molar-refractivity contribution in [1.29, 1.82) is 0 Å². The third-order valence-corrected chi connectivity index (χ3v) is 3.69. The van der Waals surface area contributed by atoms with Gasteiger partial charge in [-0.1, -0.05) is 6.92 Å². The SMILES string of the molecule is COc1cc(NC2CCN(C)CC2C)ccc1N. The van der Waals surface area contributed by atoms with Crippen molar-refractivity contribution in [1.82, 2.24) is 4.90 Å². The largest absolute Gasteiger partial charge is 0.495 e. The number of benzene rings is 1. The van der Waals surface area contributed by atoms with E-state index in [0.29, 0.717) is 17.6 Å². The van der Waals surface area contributed by atoms with Crippen LogP contribution in [0.4, 0.5) is 11.4 Å². The molecule has 2 rings (SSSR count). The van der Waals surface area contributed by atoms with Gasteiger partial charge < -0.3 is 20.7 Å². The number of ether oxygens (including phenoxy) is 1. The summed E-state index contributed by atoms with van der Waals surface area (Å²) >= 11 is 0. The van der Waals surface area contributed by atoms with Crippen molar-refractivity contribution in [3.8, 4) is 5.75 Å². The number of likely N-dealkylation sites (tertiary alicyclic amines) is 1. The van der Waals surface area contributed by atoms with Gasteiger partial charge in [-0.15, -0.1) is 0 Å². The fourth-order valence-electron chi connectivity index (χ4n) is 2.58. The van der Waals surface area contributed by atoms with Crippen LogP contribution >= 0.6 is 0 Å². The lowest BCUT2D eigenvalue weighted by Gasteiger charge is -2.35. The molecule has 0 spiro atoms. The Balaban J connectivity index is 2.05. The van der Waals surface area contributed by atoms with E-state index >= 15 is 0 Å². The summed E-state index contributed by atoms with van der Waals surface area (Å²) in [5.41, 5.74) is 7.58. The van der Waals surface area contributed by atoms with Gasteiger partial charge in [0.25, 0.3) is 0 Å². The fourth-order valence-corrected chi connectivity index (χ4v) is 2.58. The van der Waals surface area contributed by atoms with Gasteiger partial charge in [0.15, 0.2) is 0 Å². The second-order valence-corrected chi connectivity index (χ2v) is 5.24. The van der Waals surface area contributed by atoms with Crippen molar-refractivity contribution < 1.29 is 4.74 Å². The van der Waals surface area contributed by atoms with Crippen LogP contribution in [0.15, 0.2) is 18.2 Å². The molecule has 4 nitrogen and oxygen atoms in total. The van der Waals surface area contributed by atoms with Crippen LogP contribution in [0.2, 0.25) is 0 Å². The molecular weight excluding hydrogens is 226 g/mol. The van der Waals surface area contributed by atoms with Crippen LogP contribution in [0.3, 0.4) is 0 Å². The zero-order valence-electron chi connectivity index (χ0n) is 11.4. The minimum atomic E-state index is 0.523. The highest BCUT2D eigenvalue weighted by Gasteiger charge is 2.23. The van der Waals surface area contributed by atoms with E-state index in [4.69, 9.17) is 10.5 Å². The molecule has 18 heavy (non-hydrogen) atoms. The van der Waals surface area contributed by atoms with Crippen LogP contribution in [0.5, 0.6) is 5.75 Å². The molecular formula is C14H23N3O. The van der Waals surface area contributed by atoms with Gasteiger partial charge in [0.05, 0.1) is 12.8 Å². The van der Waals surface area contributed by atoms with E-state index in [1.165, 1.54) is 6.42 Å². The fraction of sp³-hybridized carbons (Fsp3) is 0.571. The maximum Gasteiger partial charge on any atom is 0.143 e. The third-order valence-electron chi connectivity index (χ3n) is 3.69. The molecule has 1 aliphatic heterocycles. The highest BCUT2D eigenvalue weighted by molar-refractivity contribution is 5.61. The molecule has 1 aromatic carbocycles. The first-order valence-corrected chi connectivity index (χ1v) is 6.48. The van der Waals surface area contributed by atoms with E-state index in [9.17, 15) is 0 Å². The van der Waals surface area contributed by atoms with Crippen LogP contribution < -0.4 is 15.8 Å². The topological polar surface area (TPSA) is 50.5 Å². The molecule has 0 aliphatic carbocycles. The van der Waals surface area contributed by atoms with Crippen LogP contribution in [0, 0.1) is 5.92 Å². The maximum atomic E-state index is 5.82. The molecule has 100 valence electrons. The Morgan fingerprint density at radius 1 is 1.44 bits per heavy atom. The summed E-state index contributed by atoms with van der Waals surface area (Å²) in [5, 5.41) is 3.59. The zero-order chi connectivity index (χ0) is 13.1. The molecule has 2 unspecified atom stereocenters. The summed E-state index contributed by atoms with van der Waals surface area (Å²) < 4.78 is 5.25. The van der Waals surface area contributed by atoms with Crippen LogP contribution in [-0.2, 0) is 0 Å². The molecule has 1 heterocycles. The summed E-state index contributed by atoms with van der Waals surface area (Å²) in [5.74, 6) is 1.38. The molecule has 1 fully saturated rings. The minimum absolute atomic E-state index is 0.523. The van der Waals surface area contributed by atoms with Crippen molar-refractivity contribution >= 4 is 11.4 Å². The summed E-state index contributed by atoms with van der Waals surface area (Å²) in [7, 11) is 3.83. The molecule has 0 aromatic heterocycles. The van der Waals surface area contributed by atoms with Gasteiger partial charge >= 0.3 is 0 Å². The van der Waals surface area contributed by atoms with Crippen LogP contribution in [0.25, 0.3) is 0 Å². The third kappa shape index (κ3) is 2.88. The van der Waals surface area contributed by atoms with Gasteiger partial charge in [0.1, 0.15) is 5.75 Å². The number of rotatable bonds is 3. The number of hydrogen-bond donors (Lipinski definition) is 2. The summed E-state index contributed by atoms with van der Waals surface area (Å²) in [6, 6.07) is 6.40. The summed E-state index contributed by atoms with van der Waals surface area (Å²) in [4.78, 5) is 2.38. The average molecular weight is 249 g/mol. The number of nitrogens with zero attached hydrogens (tertiary/aromatic N) is 1. The van der Waals surface area contributed by atoms with Crippen molar-refractivity contribution in [2.24, 2.45) is 5.92 Å². The lowest BCUT2D eigenvalue weighted by atomic mass is 9.94. The Labute approximate surface area is 109 Å². The molecule has 0 radical (unpaired) electrons.